The Morgan fingerprint density at radius 1 is 1.08 bits per heavy atom. The Labute approximate surface area is 220 Å². The summed E-state index contributed by atoms with van der Waals surface area (Å²) >= 11 is 0. The summed E-state index contributed by atoms with van der Waals surface area (Å²) in [4.78, 5) is 43.1. The first-order valence-electron chi connectivity index (χ1n) is 13.8. The highest BCUT2D eigenvalue weighted by Crippen LogP contribution is 2.77. The first kappa shape index (κ1) is 25.1. The van der Waals surface area contributed by atoms with E-state index in [-0.39, 0.29) is 71.4 Å². The number of nitrogens with zero attached hydrogens (tertiary/aromatic N) is 1. The smallest absolute Gasteiger partial charge is 0.308 e. The second kappa shape index (κ2) is 7.24. The van der Waals surface area contributed by atoms with Crippen LogP contribution in [-0.2, 0) is 23.9 Å². The average Bonchev–Trinajstić information content (AvgIpc) is 3.01. The van der Waals surface area contributed by atoms with Gasteiger partial charge in [0.25, 0.3) is 0 Å². The zero-order valence-corrected chi connectivity index (χ0v) is 23.0. The Bertz CT molecular complexity index is 1110. The largest absolute Gasteiger partial charge is 0.443 e. The monoisotopic (exact) mass is 517 g/mol. The molecule has 4 bridgehead atoms. The van der Waals surface area contributed by atoms with Gasteiger partial charge in [-0.05, 0) is 67.8 Å². The summed E-state index contributed by atoms with van der Waals surface area (Å²) in [6.45, 7) is 11.9. The summed E-state index contributed by atoms with van der Waals surface area (Å²) in [5, 5.41) is 0. The van der Waals surface area contributed by atoms with Crippen LogP contribution < -0.4 is 0 Å². The topological polar surface area (TPSA) is 72.9 Å². The number of hydrogen-bond donors (Lipinski definition) is 0. The quantitative estimate of drug-likeness (QED) is 0.428. The molecule has 3 aliphatic carbocycles. The number of halogens is 1. The first-order valence-corrected chi connectivity index (χ1v) is 13.8. The highest BCUT2D eigenvalue weighted by Gasteiger charge is 2.82. The molecule has 1 spiro atoms. The summed E-state index contributed by atoms with van der Waals surface area (Å²) in [5.41, 5.74) is -1.36. The lowest BCUT2D eigenvalue weighted by Crippen LogP contribution is -2.82. The molecule has 198 valence electrons. The molecule has 7 aliphatic rings. The van der Waals surface area contributed by atoms with E-state index in [0.717, 1.165) is 44.2 Å². The minimum atomic E-state index is -0.806. The molecule has 0 aromatic heterocycles. The number of esters is 1. The van der Waals surface area contributed by atoms with Crippen LogP contribution in [0.3, 0.4) is 0 Å². The van der Waals surface area contributed by atoms with Crippen LogP contribution in [0.4, 0.5) is 0 Å². The van der Waals surface area contributed by atoms with Crippen LogP contribution in [0, 0.1) is 39.9 Å². The maximum atomic E-state index is 14.0. The van der Waals surface area contributed by atoms with Crippen LogP contribution in [-0.4, -0.2) is 46.5 Å². The van der Waals surface area contributed by atoms with Gasteiger partial charge in [0, 0.05) is 36.6 Å². The number of piperidine rings is 1. The van der Waals surface area contributed by atoms with Crippen LogP contribution in [0.25, 0.3) is 0 Å². The van der Waals surface area contributed by atoms with Crippen molar-refractivity contribution in [1.82, 2.24) is 4.90 Å². The Balaban J connectivity index is 0.00000240. The van der Waals surface area contributed by atoms with Crippen molar-refractivity contribution in [1.29, 1.82) is 0 Å². The van der Waals surface area contributed by atoms with E-state index < -0.39 is 16.6 Å². The van der Waals surface area contributed by atoms with Gasteiger partial charge in [0.05, 0.1) is 12.5 Å². The molecule has 0 amide bonds. The number of carbonyl (C=O) groups is 3. The van der Waals surface area contributed by atoms with Crippen molar-refractivity contribution >= 4 is 29.9 Å². The lowest BCUT2D eigenvalue weighted by Gasteiger charge is -2.76. The van der Waals surface area contributed by atoms with Crippen molar-refractivity contribution in [2.24, 2.45) is 39.9 Å². The zero-order chi connectivity index (χ0) is 24.8. The van der Waals surface area contributed by atoms with Crippen LogP contribution in [0.5, 0.6) is 0 Å². The number of rotatable bonds is 0. The van der Waals surface area contributed by atoms with Crippen molar-refractivity contribution in [2.45, 2.75) is 104 Å². The van der Waals surface area contributed by atoms with E-state index in [2.05, 4.69) is 32.6 Å². The van der Waals surface area contributed by atoms with Gasteiger partial charge in [-0.1, -0.05) is 33.3 Å². The molecule has 7 heteroatoms. The standard InChI is InChI=1S/C29H39NO5.ClH/c1-16-9-20-19(21(31)10-16)11-22(32)24-25(20,3)15-29-27(5,26(24,4)13-23(33)35-29)6-7-28-12-17(2)8-18(34-28)14-30(28)29;/h10,17-20,24H,6-9,11-15H2,1-5H3;1H/t17-,18+,19-,20+,24+,25+,26-,27-,28-,29+;/m0./s1. The van der Waals surface area contributed by atoms with Gasteiger partial charge in [0.2, 0.25) is 0 Å². The summed E-state index contributed by atoms with van der Waals surface area (Å²) < 4.78 is 13.4. The molecule has 6 fully saturated rings. The maximum Gasteiger partial charge on any atom is 0.308 e. The number of Topliss-reactive ketones (excluding diaryl/α,β-unsaturated/α-hetero) is 1. The minimum Gasteiger partial charge on any atom is -0.443 e. The predicted molar refractivity (Wildman–Crippen MR) is 135 cm³/mol. The van der Waals surface area contributed by atoms with Gasteiger partial charge in [-0.3, -0.25) is 14.4 Å². The highest BCUT2D eigenvalue weighted by molar-refractivity contribution is 5.99. The molecule has 0 radical (unpaired) electrons. The van der Waals surface area contributed by atoms with Crippen LogP contribution >= 0.6 is 12.4 Å². The van der Waals surface area contributed by atoms with E-state index in [1.54, 1.807) is 6.08 Å². The summed E-state index contributed by atoms with van der Waals surface area (Å²) in [5.74, 6) is 0.300. The van der Waals surface area contributed by atoms with Gasteiger partial charge in [0.1, 0.15) is 11.5 Å². The van der Waals surface area contributed by atoms with E-state index in [1.165, 1.54) is 0 Å². The summed E-state index contributed by atoms with van der Waals surface area (Å²) in [6, 6.07) is 0. The van der Waals surface area contributed by atoms with Crippen molar-refractivity contribution < 1.29 is 23.9 Å². The lowest BCUT2D eigenvalue weighted by atomic mass is 9.34. The molecule has 0 unspecified atom stereocenters. The molecule has 0 N–H and O–H groups in total. The minimum absolute atomic E-state index is 0. The fourth-order valence-corrected chi connectivity index (χ4v) is 11.0. The van der Waals surface area contributed by atoms with E-state index in [1.807, 2.05) is 6.92 Å². The number of fused-ring (bicyclic) bond motifs is 5. The average molecular weight is 518 g/mol. The number of allylic oxidation sites excluding steroid dienone is 2. The summed E-state index contributed by atoms with van der Waals surface area (Å²) in [6.07, 6.45) is 7.78. The van der Waals surface area contributed by atoms with Crippen LogP contribution in [0.1, 0.15) is 86.0 Å². The van der Waals surface area contributed by atoms with Crippen LogP contribution in [0.2, 0.25) is 0 Å². The van der Waals surface area contributed by atoms with E-state index in [0.29, 0.717) is 18.8 Å². The molecule has 0 aromatic rings. The number of carbonyl (C=O) groups excluding carboxylic acids is 3. The predicted octanol–water partition coefficient (Wildman–Crippen LogP) is 4.84. The molecule has 2 saturated carbocycles. The molecule has 4 aliphatic heterocycles. The first-order chi connectivity index (χ1) is 16.4. The molecule has 6 nitrogen and oxygen atoms in total. The third kappa shape index (κ3) is 2.65. The highest BCUT2D eigenvalue weighted by atomic mass is 35.5. The second-order valence-electron chi connectivity index (χ2n) is 14.1. The Morgan fingerprint density at radius 2 is 1.83 bits per heavy atom. The molecular weight excluding hydrogens is 478 g/mol. The van der Waals surface area contributed by atoms with Gasteiger partial charge >= 0.3 is 5.97 Å². The zero-order valence-electron chi connectivity index (χ0n) is 22.2. The van der Waals surface area contributed by atoms with Crippen molar-refractivity contribution in [3.05, 3.63) is 11.6 Å². The van der Waals surface area contributed by atoms with E-state index in [4.69, 9.17) is 9.47 Å². The second-order valence-corrected chi connectivity index (χ2v) is 14.1. The van der Waals surface area contributed by atoms with Crippen LogP contribution in [0.15, 0.2) is 11.6 Å². The molecule has 4 heterocycles. The van der Waals surface area contributed by atoms with E-state index in [9.17, 15) is 14.4 Å². The fraction of sp³-hybridized carbons (Fsp3) is 0.828. The van der Waals surface area contributed by atoms with Gasteiger partial charge in [-0.15, -0.1) is 12.4 Å². The molecular formula is C29H40ClNO5. The number of hydrogen-bond acceptors (Lipinski definition) is 6. The molecule has 36 heavy (non-hydrogen) atoms. The molecule has 7 rings (SSSR count). The van der Waals surface area contributed by atoms with Crippen molar-refractivity contribution in [2.75, 3.05) is 6.54 Å². The maximum absolute atomic E-state index is 14.0. The third-order valence-corrected chi connectivity index (χ3v) is 12.3. The third-order valence-electron chi connectivity index (χ3n) is 12.3. The Hall–Kier alpha value is -1.24. The Morgan fingerprint density at radius 3 is 2.58 bits per heavy atom. The summed E-state index contributed by atoms with van der Waals surface area (Å²) in [7, 11) is 0. The van der Waals surface area contributed by atoms with Crippen molar-refractivity contribution in [3.63, 3.8) is 0 Å². The van der Waals surface area contributed by atoms with Gasteiger partial charge in [0.15, 0.2) is 11.5 Å². The van der Waals surface area contributed by atoms with Gasteiger partial charge in [-0.2, -0.15) is 0 Å². The number of ether oxygens (including phenoxy) is 2. The van der Waals surface area contributed by atoms with Crippen molar-refractivity contribution in [3.8, 4) is 0 Å². The van der Waals surface area contributed by atoms with E-state index >= 15 is 0 Å². The SMILES string of the molecule is CC1=CC(=O)[C@H]2CC(=O)[C@@H]3[C@](C)(C[C@@]45OC(=O)C[C@]3(C)[C@]4(C)CC[C@]34C[C@@H](C)C[C@H](CN35)O4)[C@@H]2C1.Cl. The van der Waals surface area contributed by atoms with Gasteiger partial charge in [-0.25, -0.2) is 4.90 Å². The lowest BCUT2D eigenvalue weighted by molar-refractivity contribution is -0.379. The molecule has 0 aromatic carbocycles. The molecule has 10 atom stereocenters. The van der Waals surface area contributed by atoms with Gasteiger partial charge < -0.3 is 9.47 Å². The fourth-order valence-electron chi connectivity index (χ4n) is 11.0. The Kier molecular flexibility index (Phi) is 5.04. The molecule has 4 saturated heterocycles. The number of ketones is 2. The normalized spacial score (nSPS) is 55.3.